The largest absolute Gasteiger partial charge is 0.461 e. The highest BCUT2D eigenvalue weighted by Crippen LogP contribution is 2.03. The second-order valence-electron chi connectivity index (χ2n) is 5.66. The van der Waals surface area contributed by atoms with Crippen molar-refractivity contribution in [1.29, 1.82) is 0 Å². The molecule has 140 valence electrons. The van der Waals surface area contributed by atoms with Crippen LogP contribution in [-0.2, 0) is 19.1 Å². The summed E-state index contributed by atoms with van der Waals surface area (Å²) in [5, 5.41) is 9.72. The Balaban J connectivity index is 1.63. The summed E-state index contributed by atoms with van der Waals surface area (Å²) in [6.45, 7) is 0.0783. The van der Waals surface area contributed by atoms with Gasteiger partial charge in [-0.1, -0.05) is 72.8 Å². The van der Waals surface area contributed by atoms with Crippen LogP contribution in [0.5, 0.6) is 0 Å². The highest BCUT2D eigenvalue weighted by Gasteiger charge is 2.20. The van der Waals surface area contributed by atoms with Gasteiger partial charge in [-0.3, -0.25) is 4.79 Å². The highest BCUT2D eigenvalue weighted by molar-refractivity contribution is 5.81. The maximum atomic E-state index is 11.7. The number of aliphatic hydroxyl groups is 1. The van der Waals surface area contributed by atoms with Crippen LogP contribution in [0.3, 0.4) is 0 Å². The average Bonchev–Trinajstić information content (AvgIpc) is 2.70. The Morgan fingerprint density at radius 1 is 0.815 bits per heavy atom. The van der Waals surface area contributed by atoms with E-state index in [-0.39, 0.29) is 13.2 Å². The molecule has 2 aromatic rings. The van der Waals surface area contributed by atoms with Crippen LogP contribution < -0.4 is 0 Å². The Morgan fingerprint density at radius 2 is 1.30 bits per heavy atom. The molecule has 27 heavy (non-hydrogen) atoms. The van der Waals surface area contributed by atoms with Crippen LogP contribution in [0.2, 0.25) is 0 Å². The minimum absolute atomic E-state index is 0.0135. The monoisotopic (exact) mass is 366 g/mol. The van der Waals surface area contributed by atoms with Crippen molar-refractivity contribution in [3.8, 4) is 0 Å². The Morgan fingerprint density at radius 3 is 1.81 bits per heavy atom. The van der Waals surface area contributed by atoms with Crippen molar-refractivity contribution in [3.63, 3.8) is 0 Å². The molecule has 0 radical (unpaired) electrons. The topological polar surface area (TPSA) is 72.8 Å². The van der Waals surface area contributed by atoms with E-state index in [1.54, 1.807) is 18.2 Å². The van der Waals surface area contributed by atoms with Crippen molar-refractivity contribution in [2.45, 2.75) is 12.5 Å². The first-order valence-electron chi connectivity index (χ1n) is 8.58. The molecule has 0 bridgehead atoms. The van der Waals surface area contributed by atoms with Crippen molar-refractivity contribution in [3.05, 3.63) is 83.9 Å². The third kappa shape index (κ3) is 8.16. The molecular formula is C22H22O5. The number of rotatable bonds is 9. The zero-order valence-corrected chi connectivity index (χ0v) is 14.9. The summed E-state index contributed by atoms with van der Waals surface area (Å²) in [5.74, 6) is -1.53. The molecule has 0 spiro atoms. The molecule has 1 unspecified atom stereocenters. The van der Waals surface area contributed by atoms with Crippen LogP contribution in [0, 0.1) is 0 Å². The van der Waals surface area contributed by atoms with Gasteiger partial charge in [0.25, 0.3) is 0 Å². The van der Waals surface area contributed by atoms with E-state index in [1.807, 2.05) is 66.7 Å². The molecule has 0 saturated heterocycles. The lowest BCUT2D eigenvalue weighted by atomic mass is 10.2. The van der Waals surface area contributed by atoms with Crippen molar-refractivity contribution >= 4 is 24.1 Å². The second-order valence-corrected chi connectivity index (χ2v) is 5.66. The van der Waals surface area contributed by atoms with Gasteiger partial charge in [0.1, 0.15) is 13.2 Å². The molecule has 0 aliphatic carbocycles. The number of hydrogen-bond donors (Lipinski definition) is 1. The smallest absolute Gasteiger partial charge is 0.335 e. The van der Waals surface area contributed by atoms with Crippen molar-refractivity contribution in [2.24, 2.45) is 0 Å². The summed E-state index contributed by atoms with van der Waals surface area (Å²) in [7, 11) is 0. The van der Waals surface area contributed by atoms with E-state index in [1.165, 1.54) is 0 Å². The first-order chi connectivity index (χ1) is 13.1. The Bertz CT molecular complexity index is 766. The zero-order chi connectivity index (χ0) is 19.3. The van der Waals surface area contributed by atoms with Gasteiger partial charge in [0.2, 0.25) is 0 Å². The summed E-state index contributed by atoms with van der Waals surface area (Å²) in [5.41, 5.74) is 1.96. The molecule has 2 rings (SSSR count). The maximum Gasteiger partial charge on any atom is 0.335 e. The van der Waals surface area contributed by atoms with Crippen molar-refractivity contribution < 1.29 is 24.2 Å². The van der Waals surface area contributed by atoms with Crippen LogP contribution in [-0.4, -0.2) is 36.4 Å². The van der Waals surface area contributed by atoms with Gasteiger partial charge in [0.15, 0.2) is 6.10 Å². The van der Waals surface area contributed by atoms with Gasteiger partial charge in [-0.15, -0.1) is 0 Å². The van der Waals surface area contributed by atoms with Gasteiger partial charge in [0.05, 0.1) is 6.42 Å². The van der Waals surface area contributed by atoms with E-state index in [4.69, 9.17) is 9.47 Å². The molecule has 0 amide bonds. The fraction of sp³-hybridized carbons (Fsp3) is 0.182. The second kappa shape index (κ2) is 11.4. The number of esters is 2. The zero-order valence-electron chi connectivity index (χ0n) is 14.9. The fourth-order valence-electron chi connectivity index (χ4n) is 2.16. The maximum absolute atomic E-state index is 11.7. The lowest BCUT2D eigenvalue weighted by Crippen LogP contribution is -2.27. The number of hydrogen-bond acceptors (Lipinski definition) is 5. The van der Waals surface area contributed by atoms with Gasteiger partial charge in [-0.05, 0) is 23.3 Å². The van der Waals surface area contributed by atoms with Gasteiger partial charge < -0.3 is 14.6 Å². The molecular weight excluding hydrogens is 344 g/mol. The Labute approximate surface area is 158 Å². The summed E-state index contributed by atoms with van der Waals surface area (Å²) >= 11 is 0. The molecule has 5 heteroatoms. The lowest BCUT2D eigenvalue weighted by molar-refractivity contribution is -0.158. The normalized spacial score (nSPS) is 12.2. The molecule has 1 N–H and O–H groups in total. The first kappa shape index (κ1) is 20.1. The quantitative estimate of drug-likeness (QED) is 0.690. The molecule has 0 heterocycles. The number of aliphatic hydroxyl groups excluding tert-OH is 1. The average molecular weight is 366 g/mol. The van der Waals surface area contributed by atoms with Gasteiger partial charge >= 0.3 is 11.9 Å². The van der Waals surface area contributed by atoms with Gasteiger partial charge in [0, 0.05) is 0 Å². The summed E-state index contributed by atoms with van der Waals surface area (Å²) in [6.07, 6.45) is 4.98. The molecule has 2 aromatic carbocycles. The first-order valence-corrected chi connectivity index (χ1v) is 8.58. The molecule has 0 saturated carbocycles. The van der Waals surface area contributed by atoms with Crippen molar-refractivity contribution in [2.75, 3.05) is 13.2 Å². The lowest BCUT2D eigenvalue weighted by Gasteiger charge is -2.09. The molecule has 0 aliphatic rings. The molecule has 0 fully saturated rings. The third-order valence-corrected chi connectivity index (χ3v) is 3.51. The Hall–Kier alpha value is -3.18. The third-order valence-electron chi connectivity index (χ3n) is 3.51. The predicted molar refractivity (Wildman–Crippen MR) is 103 cm³/mol. The summed E-state index contributed by atoms with van der Waals surface area (Å²) in [4.78, 5) is 23.3. The summed E-state index contributed by atoms with van der Waals surface area (Å²) < 4.78 is 9.87. The number of carbonyl (C=O) groups excluding carboxylic acids is 2. The van der Waals surface area contributed by atoms with Gasteiger partial charge in [-0.25, -0.2) is 4.79 Å². The summed E-state index contributed by atoms with van der Waals surface area (Å²) in [6, 6.07) is 19.1. The van der Waals surface area contributed by atoms with E-state index in [0.717, 1.165) is 11.1 Å². The molecule has 0 aliphatic heterocycles. The van der Waals surface area contributed by atoms with Crippen LogP contribution in [0.15, 0.2) is 72.8 Å². The predicted octanol–water partition coefficient (Wildman–Crippen LogP) is 3.25. The van der Waals surface area contributed by atoms with E-state index in [2.05, 4.69) is 0 Å². The van der Waals surface area contributed by atoms with E-state index in [0.29, 0.717) is 0 Å². The van der Waals surface area contributed by atoms with E-state index in [9.17, 15) is 14.7 Å². The van der Waals surface area contributed by atoms with Crippen LogP contribution in [0.1, 0.15) is 17.5 Å². The minimum Gasteiger partial charge on any atom is -0.461 e. The molecule has 0 aromatic heterocycles. The van der Waals surface area contributed by atoms with Crippen molar-refractivity contribution in [1.82, 2.24) is 0 Å². The number of benzene rings is 2. The molecule has 5 nitrogen and oxygen atoms in total. The van der Waals surface area contributed by atoms with E-state index >= 15 is 0 Å². The van der Waals surface area contributed by atoms with E-state index < -0.39 is 24.5 Å². The molecule has 1 atom stereocenters. The SMILES string of the molecule is O=C(CC(O)C(=O)OCC=Cc1ccccc1)OCC=Cc1ccccc1. The standard InChI is InChI=1S/C22H22O5/c23-20(22(25)27-16-8-14-19-11-5-2-6-12-19)17-21(24)26-15-7-13-18-9-3-1-4-10-18/h1-14,20,23H,15-17H2. The minimum atomic E-state index is -1.54. The highest BCUT2D eigenvalue weighted by atomic mass is 16.6. The Kier molecular flexibility index (Phi) is 8.53. The number of carbonyl (C=O) groups is 2. The van der Waals surface area contributed by atoms with Crippen LogP contribution in [0.4, 0.5) is 0 Å². The number of ether oxygens (including phenoxy) is 2. The van der Waals surface area contributed by atoms with Crippen LogP contribution >= 0.6 is 0 Å². The van der Waals surface area contributed by atoms with Crippen LogP contribution in [0.25, 0.3) is 12.2 Å². The fourth-order valence-corrected chi connectivity index (χ4v) is 2.16. The van der Waals surface area contributed by atoms with Gasteiger partial charge in [-0.2, -0.15) is 0 Å².